The fourth-order valence-corrected chi connectivity index (χ4v) is 4.56. The molecule has 1 aromatic rings. The van der Waals surface area contributed by atoms with Crippen molar-refractivity contribution in [2.24, 2.45) is 11.8 Å². The third-order valence-corrected chi connectivity index (χ3v) is 5.64. The Kier molecular flexibility index (Phi) is 4.13. The highest BCUT2D eigenvalue weighted by molar-refractivity contribution is 7.99. The Morgan fingerprint density at radius 1 is 1.32 bits per heavy atom. The third-order valence-electron chi connectivity index (χ3n) is 4.48. The molecule has 2 aliphatic rings. The van der Waals surface area contributed by atoms with Crippen LogP contribution in [0.4, 0.5) is 4.39 Å². The number of hydrogen-bond donors (Lipinski definition) is 1. The van der Waals surface area contributed by atoms with Gasteiger partial charge in [0.05, 0.1) is 0 Å². The fraction of sp³-hybridized carbons (Fsp3) is 0.625. The molecule has 0 spiro atoms. The summed E-state index contributed by atoms with van der Waals surface area (Å²) in [5.74, 6) is 2.68. The Balaban J connectivity index is 1.65. The van der Waals surface area contributed by atoms with E-state index in [0.29, 0.717) is 6.04 Å². The maximum Gasteiger partial charge on any atom is 0.137 e. The summed E-state index contributed by atoms with van der Waals surface area (Å²) in [5.41, 5.74) is 1.17. The zero-order valence-corrected chi connectivity index (χ0v) is 12.3. The van der Waals surface area contributed by atoms with Crippen LogP contribution in [0.5, 0.6) is 0 Å². The van der Waals surface area contributed by atoms with E-state index < -0.39 is 0 Å². The molecule has 0 radical (unpaired) electrons. The van der Waals surface area contributed by atoms with Crippen LogP contribution in [0.15, 0.2) is 23.1 Å². The molecule has 1 N–H and O–H groups in total. The average molecular weight is 279 g/mol. The van der Waals surface area contributed by atoms with Gasteiger partial charge in [0, 0.05) is 10.9 Å². The standard InChI is InChI=1S/C16H22FNS/c1-11-5-6-12(9-11)10-18-15-7-8-19-16-13(15)3-2-4-14(16)17/h2-4,11-12,15,18H,5-10H2,1H3. The fourth-order valence-electron chi connectivity index (χ4n) is 3.42. The number of benzene rings is 1. The quantitative estimate of drug-likeness (QED) is 0.880. The van der Waals surface area contributed by atoms with E-state index in [1.165, 1.54) is 24.8 Å². The lowest BCUT2D eigenvalue weighted by molar-refractivity contribution is 0.415. The molecule has 1 nitrogen and oxygen atoms in total. The van der Waals surface area contributed by atoms with Crippen molar-refractivity contribution in [2.75, 3.05) is 12.3 Å². The minimum absolute atomic E-state index is 0.0523. The smallest absolute Gasteiger partial charge is 0.137 e. The van der Waals surface area contributed by atoms with E-state index in [0.717, 1.165) is 35.4 Å². The van der Waals surface area contributed by atoms with Crippen LogP contribution in [-0.4, -0.2) is 12.3 Å². The molecule has 1 heterocycles. The third kappa shape index (κ3) is 2.97. The summed E-state index contributed by atoms with van der Waals surface area (Å²) in [6, 6.07) is 5.85. The Morgan fingerprint density at radius 2 is 2.21 bits per heavy atom. The molecule has 1 aliphatic carbocycles. The normalized spacial score (nSPS) is 30.3. The highest BCUT2D eigenvalue weighted by atomic mass is 32.2. The Hall–Kier alpha value is -0.540. The number of rotatable bonds is 3. The van der Waals surface area contributed by atoms with E-state index in [2.05, 4.69) is 18.3 Å². The van der Waals surface area contributed by atoms with Crippen LogP contribution < -0.4 is 5.32 Å². The van der Waals surface area contributed by atoms with E-state index in [4.69, 9.17) is 0 Å². The summed E-state index contributed by atoms with van der Waals surface area (Å²) in [5, 5.41) is 3.69. The lowest BCUT2D eigenvalue weighted by atomic mass is 10.0. The molecule has 3 atom stereocenters. The van der Waals surface area contributed by atoms with Gasteiger partial charge in [-0.25, -0.2) is 4.39 Å². The largest absolute Gasteiger partial charge is 0.310 e. The van der Waals surface area contributed by atoms with E-state index in [1.54, 1.807) is 17.8 Å². The van der Waals surface area contributed by atoms with Crippen LogP contribution >= 0.6 is 11.8 Å². The molecule has 0 amide bonds. The molecule has 1 saturated carbocycles. The number of thioether (sulfide) groups is 1. The first-order chi connectivity index (χ1) is 9.24. The molecule has 0 aromatic heterocycles. The molecular formula is C16H22FNS. The van der Waals surface area contributed by atoms with E-state index in [1.807, 2.05) is 6.07 Å². The molecular weight excluding hydrogens is 257 g/mol. The number of hydrogen-bond acceptors (Lipinski definition) is 2. The van der Waals surface area contributed by atoms with Gasteiger partial charge in [0.1, 0.15) is 5.82 Å². The first kappa shape index (κ1) is 13.4. The van der Waals surface area contributed by atoms with E-state index in [9.17, 15) is 4.39 Å². The summed E-state index contributed by atoms with van der Waals surface area (Å²) in [7, 11) is 0. The van der Waals surface area contributed by atoms with Crippen LogP contribution in [0.3, 0.4) is 0 Å². The van der Waals surface area contributed by atoms with Crippen molar-refractivity contribution in [3.8, 4) is 0 Å². The minimum atomic E-state index is -0.0523. The maximum atomic E-state index is 13.8. The topological polar surface area (TPSA) is 12.0 Å². The van der Waals surface area contributed by atoms with Crippen LogP contribution in [0.2, 0.25) is 0 Å². The Morgan fingerprint density at radius 3 is 3.00 bits per heavy atom. The second-order valence-corrected chi connectivity index (χ2v) is 7.15. The van der Waals surface area contributed by atoms with Gasteiger partial charge in [-0.1, -0.05) is 25.5 Å². The van der Waals surface area contributed by atoms with Gasteiger partial charge < -0.3 is 5.32 Å². The van der Waals surface area contributed by atoms with Gasteiger partial charge in [-0.3, -0.25) is 0 Å². The zero-order valence-electron chi connectivity index (χ0n) is 11.5. The summed E-state index contributed by atoms with van der Waals surface area (Å²) in [6.45, 7) is 3.44. The summed E-state index contributed by atoms with van der Waals surface area (Å²) < 4.78 is 13.8. The van der Waals surface area contributed by atoms with Gasteiger partial charge in [-0.2, -0.15) is 0 Å². The predicted octanol–water partition coefficient (Wildman–Crippen LogP) is 4.39. The summed E-state index contributed by atoms with van der Waals surface area (Å²) >= 11 is 1.66. The van der Waals surface area contributed by atoms with Crippen LogP contribution in [-0.2, 0) is 0 Å². The molecule has 1 aliphatic heterocycles. The SMILES string of the molecule is CC1CCC(CNC2CCSc3c(F)cccc32)C1. The Bertz CT molecular complexity index is 448. The van der Waals surface area contributed by atoms with Crippen LogP contribution in [0.25, 0.3) is 0 Å². The average Bonchev–Trinajstić information content (AvgIpc) is 2.83. The molecule has 0 saturated heterocycles. The van der Waals surface area contributed by atoms with Crippen molar-refractivity contribution >= 4 is 11.8 Å². The van der Waals surface area contributed by atoms with Crippen molar-refractivity contribution in [1.82, 2.24) is 5.32 Å². The summed E-state index contributed by atoms with van der Waals surface area (Å²) in [4.78, 5) is 0.867. The van der Waals surface area contributed by atoms with Gasteiger partial charge in [-0.15, -0.1) is 11.8 Å². The molecule has 1 fully saturated rings. The molecule has 0 bridgehead atoms. The minimum Gasteiger partial charge on any atom is -0.310 e. The first-order valence-corrected chi connectivity index (χ1v) is 8.37. The van der Waals surface area contributed by atoms with Crippen molar-refractivity contribution in [2.45, 2.75) is 43.5 Å². The van der Waals surface area contributed by atoms with Crippen molar-refractivity contribution in [3.63, 3.8) is 0 Å². The second-order valence-electron chi connectivity index (χ2n) is 6.04. The first-order valence-electron chi connectivity index (χ1n) is 7.38. The van der Waals surface area contributed by atoms with Gasteiger partial charge in [0.25, 0.3) is 0 Å². The molecule has 19 heavy (non-hydrogen) atoms. The lowest BCUT2D eigenvalue weighted by Gasteiger charge is -2.27. The van der Waals surface area contributed by atoms with Crippen molar-refractivity contribution in [1.29, 1.82) is 0 Å². The molecule has 3 heteroatoms. The van der Waals surface area contributed by atoms with Crippen molar-refractivity contribution in [3.05, 3.63) is 29.6 Å². The highest BCUT2D eigenvalue weighted by Gasteiger charge is 2.25. The number of halogens is 1. The second kappa shape index (κ2) is 5.84. The van der Waals surface area contributed by atoms with Gasteiger partial charge in [0.2, 0.25) is 0 Å². The molecule has 104 valence electrons. The molecule has 1 aromatic carbocycles. The maximum absolute atomic E-state index is 13.8. The van der Waals surface area contributed by atoms with Crippen LogP contribution in [0, 0.1) is 17.7 Å². The van der Waals surface area contributed by atoms with Crippen LogP contribution in [0.1, 0.15) is 44.2 Å². The van der Waals surface area contributed by atoms with Gasteiger partial charge in [0.15, 0.2) is 0 Å². The highest BCUT2D eigenvalue weighted by Crippen LogP contribution is 2.38. The van der Waals surface area contributed by atoms with E-state index >= 15 is 0 Å². The van der Waals surface area contributed by atoms with E-state index in [-0.39, 0.29) is 5.82 Å². The molecule has 3 rings (SSSR count). The van der Waals surface area contributed by atoms with Gasteiger partial charge in [-0.05, 0) is 55.0 Å². The predicted molar refractivity (Wildman–Crippen MR) is 79.0 cm³/mol. The Labute approximate surface area is 119 Å². The monoisotopic (exact) mass is 279 g/mol. The van der Waals surface area contributed by atoms with Gasteiger partial charge >= 0.3 is 0 Å². The number of fused-ring (bicyclic) bond motifs is 1. The van der Waals surface area contributed by atoms with Crippen molar-refractivity contribution < 1.29 is 4.39 Å². The molecule has 3 unspecified atom stereocenters. The zero-order chi connectivity index (χ0) is 13.2. The lowest BCUT2D eigenvalue weighted by Crippen LogP contribution is -2.29. The number of nitrogens with one attached hydrogen (secondary N) is 1. The summed E-state index contributed by atoms with van der Waals surface area (Å²) in [6.07, 6.45) is 5.19.